The number of hydrogen-bond donors (Lipinski definition) is 3. The highest BCUT2D eigenvalue weighted by Gasteiger charge is 2.08. The van der Waals surface area contributed by atoms with Gasteiger partial charge in [0.25, 0.3) is 0 Å². The van der Waals surface area contributed by atoms with Crippen molar-refractivity contribution in [2.45, 2.75) is 6.92 Å². The first-order valence-electron chi connectivity index (χ1n) is 6.36. The number of nitrogens with zero attached hydrogens (tertiary/aromatic N) is 1. The van der Waals surface area contributed by atoms with E-state index in [0.717, 1.165) is 10.4 Å². The van der Waals surface area contributed by atoms with Gasteiger partial charge in [-0.25, -0.2) is 9.78 Å². The van der Waals surface area contributed by atoms with E-state index < -0.39 is 0 Å². The smallest absolute Gasteiger partial charge is 0.321 e. The van der Waals surface area contributed by atoms with E-state index in [4.69, 9.17) is 5.11 Å². The first kappa shape index (κ1) is 14.5. The van der Waals surface area contributed by atoms with E-state index in [9.17, 15) is 4.79 Å². The Labute approximate surface area is 121 Å². The fourth-order valence-corrected chi connectivity index (χ4v) is 2.36. The van der Waals surface area contributed by atoms with Crippen LogP contribution in [0.4, 0.5) is 9.93 Å². The number of aromatic nitrogens is 1. The predicted octanol–water partition coefficient (Wildman–Crippen LogP) is 2.56. The molecular formula is C14H17N3O2S. The molecule has 3 N–H and O–H groups in total. The van der Waals surface area contributed by atoms with E-state index in [2.05, 4.69) is 15.6 Å². The summed E-state index contributed by atoms with van der Waals surface area (Å²) in [6.45, 7) is 2.34. The lowest BCUT2D eigenvalue weighted by Gasteiger charge is -2.09. The van der Waals surface area contributed by atoms with Gasteiger partial charge < -0.3 is 10.4 Å². The summed E-state index contributed by atoms with van der Waals surface area (Å²) in [5, 5.41) is 14.8. The van der Waals surface area contributed by atoms with Crippen molar-refractivity contribution in [1.29, 1.82) is 0 Å². The topological polar surface area (TPSA) is 74.2 Å². The van der Waals surface area contributed by atoms with Crippen LogP contribution in [0, 0.1) is 5.92 Å². The molecule has 106 valence electrons. The Kier molecular flexibility index (Phi) is 5.09. The third-order valence-electron chi connectivity index (χ3n) is 2.71. The monoisotopic (exact) mass is 291 g/mol. The van der Waals surface area contributed by atoms with E-state index in [0.29, 0.717) is 11.7 Å². The quantitative estimate of drug-likeness (QED) is 0.792. The van der Waals surface area contributed by atoms with Gasteiger partial charge >= 0.3 is 6.03 Å². The third kappa shape index (κ3) is 4.04. The Bertz CT molecular complexity index is 557. The molecule has 0 spiro atoms. The second-order valence-corrected chi connectivity index (χ2v) is 5.55. The number of hydrogen-bond acceptors (Lipinski definition) is 4. The summed E-state index contributed by atoms with van der Waals surface area (Å²) < 4.78 is 0. The number of aliphatic hydroxyl groups is 1. The molecule has 1 aromatic carbocycles. The molecule has 20 heavy (non-hydrogen) atoms. The average Bonchev–Trinajstić information content (AvgIpc) is 2.94. The first-order valence-corrected chi connectivity index (χ1v) is 7.17. The number of aliphatic hydroxyl groups excluding tert-OH is 1. The number of nitrogens with one attached hydrogen (secondary N) is 2. The molecule has 1 atom stereocenters. The van der Waals surface area contributed by atoms with Gasteiger partial charge in [-0.1, -0.05) is 48.6 Å². The highest BCUT2D eigenvalue weighted by Crippen LogP contribution is 2.28. The maximum atomic E-state index is 11.6. The normalized spacial score (nSPS) is 11.9. The number of rotatable bonds is 5. The van der Waals surface area contributed by atoms with E-state index in [1.807, 2.05) is 37.3 Å². The molecular weight excluding hydrogens is 274 g/mol. The molecule has 5 nitrogen and oxygen atoms in total. The van der Waals surface area contributed by atoms with Crippen molar-refractivity contribution in [1.82, 2.24) is 10.3 Å². The van der Waals surface area contributed by atoms with Crippen LogP contribution in [-0.2, 0) is 0 Å². The van der Waals surface area contributed by atoms with Crippen LogP contribution >= 0.6 is 11.3 Å². The minimum atomic E-state index is -0.306. The fraction of sp³-hybridized carbons (Fsp3) is 0.286. The van der Waals surface area contributed by atoms with E-state index in [1.165, 1.54) is 11.3 Å². The highest BCUT2D eigenvalue weighted by molar-refractivity contribution is 7.19. The van der Waals surface area contributed by atoms with Gasteiger partial charge in [0.15, 0.2) is 5.13 Å². The van der Waals surface area contributed by atoms with Gasteiger partial charge in [0.2, 0.25) is 0 Å². The number of urea groups is 1. The Hall–Kier alpha value is -1.92. The summed E-state index contributed by atoms with van der Waals surface area (Å²) >= 11 is 1.42. The Morgan fingerprint density at radius 1 is 1.40 bits per heavy atom. The summed E-state index contributed by atoms with van der Waals surface area (Å²) in [7, 11) is 0. The number of amides is 2. The van der Waals surface area contributed by atoms with E-state index >= 15 is 0 Å². The fourth-order valence-electron chi connectivity index (χ4n) is 1.54. The van der Waals surface area contributed by atoms with Crippen molar-refractivity contribution in [2.24, 2.45) is 5.92 Å². The maximum absolute atomic E-state index is 11.6. The van der Waals surface area contributed by atoms with Gasteiger partial charge in [0, 0.05) is 19.3 Å². The van der Waals surface area contributed by atoms with Crippen LogP contribution in [0.5, 0.6) is 0 Å². The summed E-state index contributed by atoms with van der Waals surface area (Å²) in [4.78, 5) is 16.8. The highest BCUT2D eigenvalue weighted by atomic mass is 32.1. The standard InChI is InChI=1S/C14H17N3O2S/c1-10(9-18)7-15-13(19)17-14-16-8-12(20-14)11-5-3-2-4-6-11/h2-6,8,10,18H,7,9H2,1H3,(H2,15,16,17,19). The zero-order valence-electron chi connectivity index (χ0n) is 11.2. The zero-order valence-corrected chi connectivity index (χ0v) is 12.0. The third-order valence-corrected chi connectivity index (χ3v) is 3.67. The number of carbonyl (C=O) groups is 1. The molecule has 2 amide bonds. The molecule has 0 aliphatic carbocycles. The largest absolute Gasteiger partial charge is 0.396 e. The summed E-state index contributed by atoms with van der Waals surface area (Å²) in [5.74, 6) is 0.0388. The van der Waals surface area contributed by atoms with Crippen molar-refractivity contribution in [3.8, 4) is 10.4 Å². The molecule has 0 fully saturated rings. The van der Waals surface area contributed by atoms with Gasteiger partial charge in [-0.05, 0) is 11.5 Å². The second-order valence-electron chi connectivity index (χ2n) is 4.52. The molecule has 0 radical (unpaired) electrons. The van der Waals surface area contributed by atoms with Crippen molar-refractivity contribution < 1.29 is 9.90 Å². The molecule has 0 saturated carbocycles. The minimum absolute atomic E-state index is 0.0388. The number of carbonyl (C=O) groups excluding carboxylic acids is 1. The van der Waals surface area contributed by atoms with Crippen molar-refractivity contribution >= 4 is 22.5 Å². The van der Waals surface area contributed by atoms with Crippen LogP contribution in [-0.4, -0.2) is 29.3 Å². The molecule has 0 saturated heterocycles. The first-order chi connectivity index (χ1) is 9.69. The van der Waals surface area contributed by atoms with E-state index in [1.54, 1.807) is 6.20 Å². The summed E-state index contributed by atoms with van der Waals surface area (Å²) in [6, 6.07) is 9.58. The molecule has 1 unspecified atom stereocenters. The van der Waals surface area contributed by atoms with Gasteiger partial charge in [-0.2, -0.15) is 0 Å². The lowest BCUT2D eigenvalue weighted by atomic mass is 10.2. The molecule has 2 rings (SSSR count). The van der Waals surface area contributed by atoms with Gasteiger partial charge in [0.1, 0.15) is 0 Å². The lowest BCUT2D eigenvalue weighted by molar-refractivity contribution is 0.227. The van der Waals surface area contributed by atoms with Crippen LogP contribution in [0.3, 0.4) is 0 Å². The van der Waals surface area contributed by atoms with Crippen molar-refractivity contribution in [3.63, 3.8) is 0 Å². The van der Waals surface area contributed by atoms with Crippen molar-refractivity contribution in [2.75, 3.05) is 18.5 Å². The van der Waals surface area contributed by atoms with Crippen LogP contribution in [0.25, 0.3) is 10.4 Å². The van der Waals surface area contributed by atoms with Gasteiger partial charge in [0.05, 0.1) is 4.88 Å². The lowest BCUT2D eigenvalue weighted by Crippen LogP contribution is -2.33. The van der Waals surface area contributed by atoms with Crippen molar-refractivity contribution in [3.05, 3.63) is 36.5 Å². The van der Waals surface area contributed by atoms with Crippen LogP contribution in [0.2, 0.25) is 0 Å². The molecule has 0 aliphatic heterocycles. The van der Waals surface area contributed by atoms with Gasteiger partial charge in [-0.15, -0.1) is 0 Å². The van der Waals surface area contributed by atoms with Crippen LogP contribution in [0.15, 0.2) is 36.5 Å². The molecule has 6 heteroatoms. The Balaban J connectivity index is 1.91. The summed E-state index contributed by atoms with van der Waals surface area (Å²) in [5.41, 5.74) is 1.08. The van der Waals surface area contributed by atoms with Gasteiger partial charge in [-0.3, -0.25) is 5.32 Å². The van der Waals surface area contributed by atoms with Crippen LogP contribution in [0.1, 0.15) is 6.92 Å². The number of thiazole rings is 1. The second kappa shape index (κ2) is 7.02. The number of benzene rings is 1. The molecule has 1 heterocycles. The molecule has 0 aliphatic rings. The zero-order chi connectivity index (χ0) is 14.4. The predicted molar refractivity (Wildman–Crippen MR) is 80.8 cm³/mol. The Morgan fingerprint density at radius 3 is 2.85 bits per heavy atom. The van der Waals surface area contributed by atoms with E-state index in [-0.39, 0.29) is 18.6 Å². The number of anilines is 1. The molecule has 1 aromatic heterocycles. The molecule has 0 bridgehead atoms. The summed E-state index contributed by atoms with van der Waals surface area (Å²) in [6.07, 6.45) is 1.74. The maximum Gasteiger partial charge on any atom is 0.321 e. The minimum Gasteiger partial charge on any atom is -0.396 e. The average molecular weight is 291 g/mol. The molecule has 2 aromatic rings. The Morgan fingerprint density at radius 2 is 2.15 bits per heavy atom. The van der Waals surface area contributed by atoms with Crippen LogP contribution < -0.4 is 10.6 Å². The SMILES string of the molecule is CC(CO)CNC(=O)Nc1ncc(-c2ccccc2)s1.